The van der Waals surface area contributed by atoms with Gasteiger partial charge in [0.2, 0.25) is 0 Å². The van der Waals surface area contributed by atoms with Gasteiger partial charge >= 0.3 is 5.97 Å². The van der Waals surface area contributed by atoms with E-state index in [4.69, 9.17) is 27.9 Å². The van der Waals surface area contributed by atoms with Crippen molar-refractivity contribution in [3.63, 3.8) is 0 Å². The Hall–Kier alpha value is -0.770. The van der Waals surface area contributed by atoms with Crippen LogP contribution in [0.25, 0.3) is 0 Å². The first-order valence-electron chi connectivity index (χ1n) is 6.71. The van der Waals surface area contributed by atoms with Crippen LogP contribution in [-0.4, -0.2) is 24.3 Å². The minimum atomic E-state index is -0.816. The Morgan fingerprint density at radius 3 is 2.70 bits per heavy atom. The van der Waals surface area contributed by atoms with Crippen LogP contribution >= 0.6 is 23.2 Å². The predicted octanol–water partition coefficient (Wildman–Crippen LogP) is 4.37. The number of carboxylic acid groups (broad SMARTS) is 1. The number of halogens is 2. The number of carboxylic acids is 1. The zero-order valence-electron chi connectivity index (χ0n) is 11.3. The molecular weight excluding hydrogens is 299 g/mol. The highest BCUT2D eigenvalue weighted by Crippen LogP contribution is 2.37. The highest BCUT2D eigenvalue weighted by molar-refractivity contribution is 6.42. The Bertz CT molecular complexity index is 490. The van der Waals surface area contributed by atoms with E-state index in [0.717, 1.165) is 19.3 Å². The van der Waals surface area contributed by atoms with Gasteiger partial charge in [0.05, 0.1) is 22.1 Å². The molecule has 3 atom stereocenters. The molecule has 0 spiro atoms. The Morgan fingerprint density at radius 2 is 2.15 bits per heavy atom. The molecule has 1 aromatic rings. The SMILES string of the molecule is COC1CCC(CC(C(=O)O)c2ccc(Cl)c(Cl)c2)C1. The van der Waals surface area contributed by atoms with Crippen LogP contribution in [0.3, 0.4) is 0 Å². The molecule has 1 aromatic carbocycles. The number of benzene rings is 1. The molecule has 1 aliphatic carbocycles. The van der Waals surface area contributed by atoms with E-state index in [-0.39, 0.29) is 6.10 Å². The molecule has 1 N–H and O–H groups in total. The van der Waals surface area contributed by atoms with Crippen molar-refractivity contribution in [2.75, 3.05) is 7.11 Å². The lowest BCUT2D eigenvalue weighted by Gasteiger charge is -2.18. The molecule has 1 fully saturated rings. The topological polar surface area (TPSA) is 46.5 Å². The third-order valence-electron chi connectivity index (χ3n) is 4.04. The first kappa shape index (κ1) is 15.6. The van der Waals surface area contributed by atoms with Gasteiger partial charge in [-0.3, -0.25) is 4.79 Å². The number of hydrogen-bond donors (Lipinski definition) is 1. The highest BCUT2D eigenvalue weighted by atomic mass is 35.5. The maximum atomic E-state index is 11.5. The van der Waals surface area contributed by atoms with Gasteiger partial charge in [-0.1, -0.05) is 29.3 Å². The smallest absolute Gasteiger partial charge is 0.310 e. The lowest BCUT2D eigenvalue weighted by molar-refractivity contribution is -0.139. The van der Waals surface area contributed by atoms with E-state index >= 15 is 0 Å². The first-order valence-corrected chi connectivity index (χ1v) is 7.47. The quantitative estimate of drug-likeness (QED) is 0.877. The highest BCUT2D eigenvalue weighted by Gasteiger charge is 2.30. The van der Waals surface area contributed by atoms with Gasteiger partial charge in [-0.05, 0) is 49.3 Å². The summed E-state index contributed by atoms with van der Waals surface area (Å²) in [6, 6.07) is 5.06. The van der Waals surface area contributed by atoms with Crippen molar-refractivity contribution in [1.29, 1.82) is 0 Å². The second-order valence-corrected chi connectivity index (χ2v) is 6.15. The summed E-state index contributed by atoms with van der Waals surface area (Å²) in [4.78, 5) is 11.5. The monoisotopic (exact) mass is 316 g/mol. The van der Waals surface area contributed by atoms with Crippen molar-refractivity contribution in [3.05, 3.63) is 33.8 Å². The second kappa shape index (κ2) is 6.79. The maximum absolute atomic E-state index is 11.5. The lowest BCUT2D eigenvalue weighted by Crippen LogP contribution is -2.16. The molecule has 110 valence electrons. The number of hydrogen-bond acceptors (Lipinski definition) is 2. The number of aliphatic carboxylic acids is 1. The molecule has 3 nitrogen and oxygen atoms in total. The third-order valence-corrected chi connectivity index (χ3v) is 4.78. The van der Waals surface area contributed by atoms with E-state index in [1.165, 1.54) is 0 Å². The molecule has 0 bridgehead atoms. The van der Waals surface area contributed by atoms with Crippen molar-refractivity contribution in [3.8, 4) is 0 Å². The van der Waals surface area contributed by atoms with E-state index in [1.807, 2.05) is 0 Å². The predicted molar refractivity (Wildman–Crippen MR) is 79.6 cm³/mol. The van der Waals surface area contributed by atoms with Gasteiger partial charge in [0.25, 0.3) is 0 Å². The van der Waals surface area contributed by atoms with Crippen LogP contribution in [0.15, 0.2) is 18.2 Å². The number of rotatable bonds is 5. The van der Waals surface area contributed by atoms with Crippen LogP contribution in [0.5, 0.6) is 0 Å². The van der Waals surface area contributed by atoms with Crippen LogP contribution in [0, 0.1) is 5.92 Å². The molecule has 0 heterocycles. The summed E-state index contributed by atoms with van der Waals surface area (Å²) >= 11 is 11.9. The summed E-state index contributed by atoms with van der Waals surface area (Å²) in [6.45, 7) is 0. The number of carbonyl (C=O) groups is 1. The van der Waals surface area contributed by atoms with Crippen molar-refractivity contribution in [2.45, 2.75) is 37.7 Å². The Morgan fingerprint density at radius 1 is 1.40 bits per heavy atom. The van der Waals surface area contributed by atoms with Crippen molar-refractivity contribution < 1.29 is 14.6 Å². The van der Waals surface area contributed by atoms with Crippen LogP contribution < -0.4 is 0 Å². The van der Waals surface area contributed by atoms with Gasteiger partial charge in [-0.15, -0.1) is 0 Å². The summed E-state index contributed by atoms with van der Waals surface area (Å²) < 4.78 is 5.34. The van der Waals surface area contributed by atoms with Gasteiger partial charge in [-0.25, -0.2) is 0 Å². The zero-order valence-corrected chi connectivity index (χ0v) is 12.8. The average molecular weight is 317 g/mol. The Kier molecular flexibility index (Phi) is 5.30. The van der Waals surface area contributed by atoms with Gasteiger partial charge < -0.3 is 9.84 Å². The number of methoxy groups -OCH3 is 1. The van der Waals surface area contributed by atoms with E-state index in [1.54, 1.807) is 25.3 Å². The molecule has 1 saturated carbocycles. The maximum Gasteiger partial charge on any atom is 0.310 e. The molecule has 0 aliphatic heterocycles. The molecule has 0 aromatic heterocycles. The fourth-order valence-corrected chi connectivity index (χ4v) is 3.21. The Labute approximate surface area is 128 Å². The average Bonchev–Trinajstić information content (AvgIpc) is 2.87. The normalized spacial score (nSPS) is 23.8. The van der Waals surface area contributed by atoms with Crippen molar-refractivity contribution >= 4 is 29.2 Å². The van der Waals surface area contributed by atoms with Gasteiger partial charge in [0, 0.05) is 7.11 Å². The Balaban J connectivity index is 2.11. The zero-order chi connectivity index (χ0) is 14.7. The van der Waals surface area contributed by atoms with Crippen LogP contribution in [0.2, 0.25) is 10.0 Å². The fourth-order valence-electron chi connectivity index (χ4n) is 2.90. The second-order valence-electron chi connectivity index (χ2n) is 5.34. The van der Waals surface area contributed by atoms with E-state index in [0.29, 0.717) is 27.9 Å². The van der Waals surface area contributed by atoms with Gasteiger partial charge in [0.15, 0.2) is 0 Å². The summed E-state index contributed by atoms with van der Waals surface area (Å²) in [7, 11) is 1.71. The van der Waals surface area contributed by atoms with Crippen LogP contribution in [0.4, 0.5) is 0 Å². The van der Waals surface area contributed by atoms with E-state index < -0.39 is 11.9 Å². The molecule has 0 saturated heterocycles. The third kappa shape index (κ3) is 3.66. The molecule has 5 heteroatoms. The summed E-state index contributed by atoms with van der Waals surface area (Å²) in [6.07, 6.45) is 3.84. The van der Waals surface area contributed by atoms with E-state index in [2.05, 4.69) is 0 Å². The van der Waals surface area contributed by atoms with Gasteiger partial charge in [-0.2, -0.15) is 0 Å². The largest absolute Gasteiger partial charge is 0.481 e. The minimum absolute atomic E-state index is 0.267. The molecular formula is C15H18Cl2O3. The van der Waals surface area contributed by atoms with Crippen LogP contribution in [0.1, 0.15) is 37.2 Å². The van der Waals surface area contributed by atoms with Gasteiger partial charge in [0.1, 0.15) is 0 Å². The summed E-state index contributed by atoms with van der Waals surface area (Å²) in [5.74, 6) is -0.967. The molecule has 3 unspecified atom stereocenters. The number of ether oxygens (including phenoxy) is 1. The minimum Gasteiger partial charge on any atom is -0.481 e. The van der Waals surface area contributed by atoms with Crippen molar-refractivity contribution in [1.82, 2.24) is 0 Å². The fraction of sp³-hybridized carbons (Fsp3) is 0.533. The molecule has 1 aliphatic rings. The lowest BCUT2D eigenvalue weighted by atomic mass is 9.88. The molecule has 2 rings (SSSR count). The summed E-state index contributed by atoms with van der Waals surface area (Å²) in [5, 5.41) is 10.3. The first-order chi connectivity index (χ1) is 9.51. The standard InChI is InChI=1S/C15H18Cl2O3/c1-20-11-4-2-9(6-11)7-12(15(18)19)10-3-5-13(16)14(17)8-10/h3,5,8-9,11-12H,2,4,6-7H2,1H3,(H,18,19). The molecule has 20 heavy (non-hydrogen) atoms. The van der Waals surface area contributed by atoms with Crippen molar-refractivity contribution in [2.24, 2.45) is 5.92 Å². The van der Waals surface area contributed by atoms with Crippen LogP contribution in [-0.2, 0) is 9.53 Å². The molecule has 0 radical (unpaired) electrons. The summed E-state index contributed by atoms with van der Waals surface area (Å²) in [5.41, 5.74) is 0.716. The molecule has 0 amide bonds. The van der Waals surface area contributed by atoms with E-state index in [9.17, 15) is 9.90 Å².